The molecule has 2 aliphatic rings. The number of ether oxygens (including phenoxy) is 1. The fraction of sp³-hybridized carbons (Fsp3) is 0.500. The number of fused-ring (bicyclic) bond motifs is 1. The number of sulfone groups is 1. The molecule has 2 fully saturated rings. The van der Waals surface area contributed by atoms with Crippen LogP contribution in [0.4, 0.5) is 4.79 Å². The Kier molecular flexibility index (Phi) is 5.64. The van der Waals surface area contributed by atoms with Gasteiger partial charge >= 0.3 is 6.09 Å². The molecule has 0 aromatic heterocycles. The van der Waals surface area contributed by atoms with E-state index in [0.717, 1.165) is 17.5 Å². The maximum atomic E-state index is 12.9. The van der Waals surface area contributed by atoms with E-state index in [9.17, 15) is 13.2 Å². The van der Waals surface area contributed by atoms with Crippen LogP contribution in [0.2, 0.25) is 0 Å². The van der Waals surface area contributed by atoms with Crippen molar-refractivity contribution >= 4 is 15.9 Å². The monoisotopic (exact) mass is 455 g/mol. The Morgan fingerprint density at radius 3 is 2.28 bits per heavy atom. The number of carbonyl (C=O) groups is 1. The van der Waals surface area contributed by atoms with Crippen LogP contribution in [0.3, 0.4) is 0 Å². The first-order valence-corrected chi connectivity index (χ1v) is 12.9. The Hall–Kier alpha value is -2.34. The number of likely N-dealkylation sites (tertiary alicyclic amines) is 1. The fourth-order valence-electron chi connectivity index (χ4n) is 4.69. The lowest BCUT2D eigenvalue weighted by atomic mass is 9.95. The summed E-state index contributed by atoms with van der Waals surface area (Å²) in [5.41, 5.74) is 2.52. The van der Waals surface area contributed by atoms with E-state index < -0.39 is 15.4 Å². The van der Waals surface area contributed by atoms with Crippen molar-refractivity contribution in [3.63, 3.8) is 0 Å². The van der Waals surface area contributed by atoms with Crippen molar-refractivity contribution in [3.8, 4) is 0 Å². The second-order valence-electron chi connectivity index (χ2n) is 10.6. The predicted molar refractivity (Wildman–Crippen MR) is 125 cm³/mol. The molecule has 5 nitrogen and oxygen atoms in total. The van der Waals surface area contributed by atoms with E-state index in [0.29, 0.717) is 29.8 Å². The molecule has 2 aromatic carbocycles. The number of amides is 1. The molecule has 0 radical (unpaired) electrons. The molecule has 32 heavy (non-hydrogen) atoms. The van der Waals surface area contributed by atoms with Gasteiger partial charge in [-0.2, -0.15) is 0 Å². The summed E-state index contributed by atoms with van der Waals surface area (Å²) < 4.78 is 31.4. The van der Waals surface area contributed by atoms with Crippen LogP contribution in [-0.4, -0.2) is 38.1 Å². The van der Waals surface area contributed by atoms with E-state index in [2.05, 4.69) is 13.8 Å². The van der Waals surface area contributed by atoms with Gasteiger partial charge in [-0.3, -0.25) is 0 Å². The summed E-state index contributed by atoms with van der Waals surface area (Å²) in [6.07, 6.45) is 0.757. The van der Waals surface area contributed by atoms with Crippen LogP contribution in [0, 0.1) is 5.92 Å². The second kappa shape index (κ2) is 7.91. The molecule has 4 rings (SSSR count). The minimum atomic E-state index is -3.42. The van der Waals surface area contributed by atoms with Crippen LogP contribution in [-0.2, 0) is 25.7 Å². The second-order valence-corrected chi connectivity index (χ2v) is 12.6. The first-order chi connectivity index (χ1) is 14.9. The molecule has 2 aromatic rings. The van der Waals surface area contributed by atoms with E-state index >= 15 is 0 Å². The normalized spacial score (nSPS) is 22.7. The number of carbonyl (C=O) groups excluding carboxylic acids is 1. The van der Waals surface area contributed by atoms with Gasteiger partial charge in [-0.1, -0.05) is 50.2 Å². The molecule has 2 atom stereocenters. The number of hydrogen-bond donors (Lipinski definition) is 0. The van der Waals surface area contributed by atoms with Crippen molar-refractivity contribution in [2.75, 3.05) is 13.1 Å². The Balaban J connectivity index is 1.45. The lowest BCUT2D eigenvalue weighted by Gasteiger charge is -2.26. The average Bonchev–Trinajstić information content (AvgIpc) is 3.28. The van der Waals surface area contributed by atoms with Crippen LogP contribution < -0.4 is 0 Å². The minimum Gasteiger partial charge on any atom is -0.444 e. The first kappa shape index (κ1) is 22.8. The minimum absolute atomic E-state index is 0.00902. The van der Waals surface area contributed by atoms with Crippen LogP contribution in [0.25, 0.3) is 0 Å². The number of hydrogen-bond acceptors (Lipinski definition) is 4. The van der Waals surface area contributed by atoms with Gasteiger partial charge in [-0.25, -0.2) is 13.2 Å². The van der Waals surface area contributed by atoms with Gasteiger partial charge in [0.05, 0.1) is 10.6 Å². The van der Waals surface area contributed by atoms with Crippen molar-refractivity contribution in [2.45, 2.75) is 68.6 Å². The number of piperidine rings is 1. The van der Waals surface area contributed by atoms with E-state index in [1.165, 1.54) is 5.56 Å². The van der Waals surface area contributed by atoms with E-state index in [-0.39, 0.29) is 17.3 Å². The summed E-state index contributed by atoms with van der Waals surface area (Å²) in [6.45, 7) is 11.2. The molecular weight excluding hydrogens is 422 g/mol. The maximum Gasteiger partial charge on any atom is 0.410 e. The Labute approximate surface area is 191 Å². The largest absolute Gasteiger partial charge is 0.444 e. The number of benzene rings is 2. The van der Waals surface area contributed by atoms with Crippen molar-refractivity contribution < 1.29 is 17.9 Å². The zero-order chi connectivity index (χ0) is 23.3. The summed E-state index contributed by atoms with van der Waals surface area (Å²) in [5.74, 6) is 0.822. The Bertz CT molecular complexity index is 1100. The molecule has 0 N–H and O–H groups in total. The smallest absolute Gasteiger partial charge is 0.410 e. The third-order valence-electron chi connectivity index (χ3n) is 6.59. The number of nitrogens with zero attached hydrogens (tertiary/aromatic N) is 1. The van der Waals surface area contributed by atoms with Crippen LogP contribution in [0.15, 0.2) is 53.4 Å². The van der Waals surface area contributed by atoms with E-state index in [1.807, 2.05) is 57.2 Å². The highest BCUT2D eigenvalue weighted by Gasteiger charge is 2.62. The molecule has 1 heterocycles. The first-order valence-electron chi connectivity index (χ1n) is 11.3. The van der Waals surface area contributed by atoms with Gasteiger partial charge in [0, 0.05) is 18.5 Å². The Morgan fingerprint density at radius 1 is 1.09 bits per heavy atom. The highest BCUT2D eigenvalue weighted by atomic mass is 32.2. The van der Waals surface area contributed by atoms with Gasteiger partial charge in [0.1, 0.15) is 5.60 Å². The molecule has 1 aliphatic carbocycles. The van der Waals surface area contributed by atoms with Gasteiger partial charge in [0.25, 0.3) is 0 Å². The SMILES string of the molecule is CC(C)c1ccc(CS(=O)(=O)c2ccc(C34C[C@@H]3CN(C(=O)OC(C)(C)C)C4)cc2)cc1. The van der Waals surface area contributed by atoms with Crippen LogP contribution in [0.5, 0.6) is 0 Å². The summed E-state index contributed by atoms with van der Waals surface area (Å²) in [7, 11) is -3.42. The zero-order valence-corrected chi connectivity index (χ0v) is 20.4. The summed E-state index contributed by atoms with van der Waals surface area (Å²) in [5, 5.41) is 0. The van der Waals surface area contributed by atoms with Gasteiger partial charge < -0.3 is 9.64 Å². The topological polar surface area (TPSA) is 63.7 Å². The number of rotatable bonds is 5. The van der Waals surface area contributed by atoms with Gasteiger partial charge in [0.15, 0.2) is 9.84 Å². The van der Waals surface area contributed by atoms with E-state index in [4.69, 9.17) is 4.74 Å². The molecule has 0 spiro atoms. The molecule has 0 bridgehead atoms. The van der Waals surface area contributed by atoms with Crippen molar-refractivity contribution in [2.24, 2.45) is 5.92 Å². The van der Waals surface area contributed by atoms with Gasteiger partial charge in [-0.05, 0) is 67.9 Å². The van der Waals surface area contributed by atoms with Gasteiger partial charge in [0.2, 0.25) is 0 Å². The average molecular weight is 456 g/mol. The highest BCUT2D eigenvalue weighted by Crippen LogP contribution is 2.59. The van der Waals surface area contributed by atoms with Crippen LogP contribution in [0.1, 0.15) is 63.6 Å². The molecule has 1 unspecified atom stereocenters. The molecule has 1 aliphatic heterocycles. The predicted octanol–water partition coefficient (Wildman–Crippen LogP) is 5.29. The van der Waals surface area contributed by atoms with Crippen LogP contribution >= 0.6 is 0 Å². The maximum absolute atomic E-state index is 12.9. The van der Waals surface area contributed by atoms with Crippen molar-refractivity contribution in [1.29, 1.82) is 0 Å². The zero-order valence-electron chi connectivity index (χ0n) is 19.6. The summed E-state index contributed by atoms with van der Waals surface area (Å²) >= 11 is 0. The molecule has 1 saturated carbocycles. The highest BCUT2D eigenvalue weighted by molar-refractivity contribution is 7.90. The fourth-order valence-corrected chi connectivity index (χ4v) is 6.04. The lowest BCUT2D eigenvalue weighted by molar-refractivity contribution is 0.0270. The Morgan fingerprint density at radius 2 is 1.72 bits per heavy atom. The molecule has 6 heteroatoms. The quantitative estimate of drug-likeness (QED) is 0.614. The summed E-state index contributed by atoms with van der Waals surface area (Å²) in [4.78, 5) is 14.6. The molecule has 1 saturated heterocycles. The standard InChI is InChI=1S/C26H33NO4S/c1-18(2)20-8-6-19(7-9-20)16-32(29,30)23-12-10-21(11-13-23)26-14-22(26)15-27(17-26)24(28)31-25(3,4)5/h6-13,18,22H,14-17H2,1-5H3/t22-,26?/m1/s1. The van der Waals surface area contributed by atoms with E-state index in [1.54, 1.807) is 17.0 Å². The van der Waals surface area contributed by atoms with Crippen molar-refractivity contribution in [1.82, 2.24) is 4.90 Å². The van der Waals surface area contributed by atoms with Gasteiger partial charge in [-0.15, -0.1) is 0 Å². The molecule has 1 amide bonds. The van der Waals surface area contributed by atoms with Crippen molar-refractivity contribution in [3.05, 3.63) is 65.2 Å². The summed E-state index contributed by atoms with van der Waals surface area (Å²) in [6, 6.07) is 15.1. The lowest BCUT2D eigenvalue weighted by Crippen LogP contribution is -2.37. The third-order valence-corrected chi connectivity index (χ3v) is 8.29. The third kappa shape index (κ3) is 4.56. The molecular formula is C26H33NO4S. The molecule has 172 valence electrons.